The van der Waals surface area contributed by atoms with Gasteiger partial charge >= 0.3 is 0 Å². The molecule has 0 spiro atoms. The molecular weight excluding hydrogens is 252 g/mol. The van der Waals surface area contributed by atoms with E-state index in [4.69, 9.17) is 6.42 Å². The number of hydrogen-bond donors (Lipinski definition) is 3. The number of aliphatic hydroxyl groups is 3. The lowest BCUT2D eigenvalue weighted by molar-refractivity contribution is -0.0151. The van der Waals surface area contributed by atoms with Gasteiger partial charge in [-0.25, -0.2) is 0 Å². The second-order valence-electron chi connectivity index (χ2n) is 6.03. The number of hydrogen-bond acceptors (Lipinski definition) is 3. The van der Waals surface area contributed by atoms with Gasteiger partial charge in [0.1, 0.15) is 5.76 Å². The van der Waals surface area contributed by atoms with E-state index in [0.717, 1.165) is 18.4 Å². The van der Waals surface area contributed by atoms with E-state index in [1.807, 2.05) is 13.8 Å². The molecule has 3 heteroatoms. The highest BCUT2D eigenvalue weighted by atomic mass is 16.3. The Labute approximate surface area is 121 Å². The summed E-state index contributed by atoms with van der Waals surface area (Å²) in [6.45, 7) is 7.81. The summed E-state index contributed by atoms with van der Waals surface area (Å²) in [4.78, 5) is 0. The van der Waals surface area contributed by atoms with Gasteiger partial charge in [-0.2, -0.15) is 0 Å². The van der Waals surface area contributed by atoms with Crippen LogP contribution in [-0.2, 0) is 0 Å². The summed E-state index contributed by atoms with van der Waals surface area (Å²) in [7, 11) is 0. The van der Waals surface area contributed by atoms with Crippen molar-refractivity contribution in [2.24, 2.45) is 11.8 Å². The van der Waals surface area contributed by atoms with E-state index in [2.05, 4.69) is 12.5 Å². The third-order valence-corrected chi connectivity index (χ3v) is 3.91. The Balaban J connectivity index is 2.82. The molecule has 1 aliphatic carbocycles. The Morgan fingerprint density at radius 2 is 2.15 bits per heavy atom. The summed E-state index contributed by atoms with van der Waals surface area (Å²) >= 11 is 0. The van der Waals surface area contributed by atoms with E-state index in [1.165, 1.54) is 12.2 Å². The number of terminal acetylenes is 1. The first-order valence-electron chi connectivity index (χ1n) is 6.88. The average molecular weight is 276 g/mol. The van der Waals surface area contributed by atoms with E-state index in [1.54, 1.807) is 0 Å². The van der Waals surface area contributed by atoms with Crippen LogP contribution in [0.1, 0.15) is 39.5 Å². The molecule has 3 unspecified atom stereocenters. The van der Waals surface area contributed by atoms with Gasteiger partial charge in [0.25, 0.3) is 0 Å². The van der Waals surface area contributed by atoms with Crippen LogP contribution in [-0.4, -0.2) is 20.9 Å². The highest BCUT2D eigenvalue weighted by Crippen LogP contribution is 2.42. The quantitative estimate of drug-likeness (QED) is 0.318. The minimum absolute atomic E-state index is 0.0722. The Bertz CT molecular complexity index is 463. The first-order chi connectivity index (χ1) is 9.25. The predicted octanol–water partition coefficient (Wildman–Crippen LogP) is 3.64. The highest BCUT2D eigenvalue weighted by molar-refractivity contribution is 5.22. The molecular formula is C17H24O3. The first kappa shape index (κ1) is 16.4. The largest absolute Gasteiger partial charge is 0.512 e. The smallest absolute Gasteiger partial charge is 0.127 e. The zero-order valence-electron chi connectivity index (χ0n) is 12.3. The molecule has 3 N–H and O–H groups in total. The molecule has 0 aromatic heterocycles. The van der Waals surface area contributed by atoms with Crippen LogP contribution in [0.3, 0.4) is 0 Å². The van der Waals surface area contributed by atoms with Crippen LogP contribution in [0.4, 0.5) is 0 Å². The molecule has 1 rings (SSSR count). The van der Waals surface area contributed by atoms with E-state index in [0.29, 0.717) is 12.8 Å². The van der Waals surface area contributed by atoms with Gasteiger partial charge in [-0.15, -0.1) is 6.42 Å². The highest BCUT2D eigenvalue weighted by Gasteiger charge is 2.36. The Hall–Kier alpha value is -1.66. The molecule has 0 saturated heterocycles. The fourth-order valence-corrected chi connectivity index (χ4v) is 3.00. The Morgan fingerprint density at radius 3 is 2.70 bits per heavy atom. The van der Waals surface area contributed by atoms with E-state index >= 15 is 0 Å². The first-order valence-corrected chi connectivity index (χ1v) is 6.88. The average Bonchev–Trinajstić information content (AvgIpc) is 2.26. The topological polar surface area (TPSA) is 60.7 Å². The summed E-state index contributed by atoms with van der Waals surface area (Å²) in [5.41, 5.74) is 0.370. The molecule has 0 aliphatic heterocycles. The molecule has 0 heterocycles. The summed E-state index contributed by atoms with van der Waals surface area (Å²) in [5, 5.41) is 29.6. The van der Waals surface area contributed by atoms with Gasteiger partial charge in [-0.1, -0.05) is 18.1 Å². The van der Waals surface area contributed by atoms with Crippen LogP contribution in [0.2, 0.25) is 0 Å². The van der Waals surface area contributed by atoms with Gasteiger partial charge in [0, 0.05) is 18.6 Å². The minimum atomic E-state index is -0.701. The summed E-state index contributed by atoms with van der Waals surface area (Å²) in [6.07, 6.45) is 10.1. The molecule has 3 nitrogen and oxygen atoms in total. The number of allylic oxidation sites excluding steroid dienone is 4. The molecule has 0 radical (unpaired) electrons. The van der Waals surface area contributed by atoms with Crippen molar-refractivity contribution in [3.05, 3.63) is 35.8 Å². The maximum absolute atomic E-state index is 10.2. The van der Waals surface area contributed by atoms with Crippen LogP contribution in [0.5, 0.6) is 0 Å². The molecule has 1 saturated carbocycles. The number of aliphatic hydroxyl groups excluding tert-OH is 2. The lowest BCUT2D eigenvalue weighted by Crippen LogP contribution is -2.37. The third kappa shape index (κ3) is 4.79. The molecule has 0 aromatic carbocycles. The predicted molar refractivity (Wildman–Crippen MR) is 81.1 cm³/mol. The Kier molecular flexibility index (Phi) is 5.47. The molecule has 20 heavy (non-hydrogen) atoms. The van der Waals surface area contributed by atoms with Crippen LogP contribution in [0.25, 0.3) is 0 Å². The summed E-state index contributed by atoms with van der Waals surface area (Å²) in [5.74, 6) is 2.53. The zero-order chi connectivity index (χ0) is 15.3. The minimum Gasteiger partial charge on any atom is -0.512 e. The van der Waals surface area contributed by atoms with Crippen molar-refractivity contribution in [1.29, 1.82) is 0 Å². The van der Waals surface area contributed by atoms with E-state index in [9.17, 15) is 15.3 Å². The fourth-order valence-electron chi connectivity index (χ4n) is 3.00. The number of rotatable bonds is 4. The fraction of sp³-hybridized carbons (Fsp3) is 0.529. The third-order valence-electron chi connectivity index (χ3n) is 3.91. The normalized spacial score (nSPS) is 31.7. The van der Waals surface area contributed by atoms with E-state index in [-0.39, 0.29) is 23.4 Å². The van der Waals surface area contributed by atoms with Crippen molar-refractivity contribution in [3.8, 4) is 12.3 Å². The van der Waals surface area contributed by atoms with Gasteiger partial charge < -0.3 is 15.3 Å². The van der Waals surface area contributed by atoms with E-state index < -0.39 is 5.60 Å². The van der Waals surface area contributed by atoms with Gasteiger partial charge in [0.15, 0.2) is 0 Å². The second kappa shape index (κ2) is 6.67. The van der Waals surface area contributed by atoms with Crippen molar-refractivity contribution in [1.82, 2.24) is 0 Å². The van der Waals surface area contributed by atoms with Crippen molar-refractivity contribution >= 4 is 0 Å². The van der Waals surface area contributed by atoms with Crippen LogP contribution in [0, 0.1) is 24.2 Å². The molecule has 110 valence electrons. The molecule has 1 aliphatic rings. The monoisotopic (exact) mass is 276 g/mol. The standard InChI is InChI=1S/C17H24O3/c1-5-6-14(18)10-15(19)9-13-11-17(4,20)8-7-16(13)12(2)3/h1,6,10,13,16,18-20H,2,7-9,11H2,3-4H3/b14-6+,15-10+. The van der Waals surface area contributed by atoms with Gasteiger partial charge in [0.2, 0.25) is 0 Å². The zero-order valence-corrected chi connectivity index (χ0v) is 12.3. The van der Waals surface area contributed by atoms with Gasteiger partial charge in [-0.3, -0.25) is 0 Å². The Morgan fingerprint density at radius 1 is 1.50 bits per heavy atom. The maximum atomic E-state index is 10.2. The van der Waals surface area contributed by atoms with Crippen molar-refractivity contribution in [3.63, 3.8) is 0 Å². The van der Waals surface area contributed by atoms with Crippen LogP contribution >= 0.6 is 0 Å². The van der Waals surface area contributed by atoms with Gasteiger partial charge in [-0.05, 0) is 44.9 Å². The van der Waals surface area contributed by atoms with Crippen molar-refractivity contribution in [2.45, 2.75) is 45.1 Å². The maximum Gasteiger partial charge on any atom is 0.127 e. The molecule has 0 bridgehead atoms. The van der Waals surface area contributed by atoms with Crippen molar-refractivity contribution < 1.29 is 15.3 Å². The lowest BCUT2D eigenvalue weighted by atomic mass is 9.68. The molecule has 0 aromatic rings. The van der Waals surface area contributed by atoms with Crippen LogP contribution < -0.4 is 0 Å². The molecule has 0 amide bonds. The lowest BCUT2D eigenvalue weighted by Gasteiger charge is -2.40. The summed E-state index contributed by atoms with van der Waals surface area (Å²) < 4.78 is 0. The SMILES string of the molecule is C#C/C=C(O)\C=C(\O)CC1CC(C)(O)CCC1C(=C)C. The van der Waals surface area contributed by atoms with Crippen LogP contribution in [0.15, 0.2) is 35.8 Å². The molecule has 3 atom stereocenters. The molecule has 1 fully saturated rings. The van der Waals surface area contributed by atoms with Crippen molar-refractivity contribution in [2.75, 3.05) is 0 Å². The van der Waals surface area contributed by atoms with Gasteiger partial charge in [0.05, 0.1) is 11.4 Å². The summed E-state index contributed by atoms with van der Waals surface area (Å²) in [6, 6.07) is 0. The second-order valence-corrected chi connectivity index (χ2v) is 6.03.